The summed E-state index contributed by atoms with van der Waals surface area (Å²) in [5.41, 5.74) is 5.26. The van der Waals surface area contributed by atoms with Crippen LogP contribution in [-0.2, 0) is 11.3 Å². The molecule has 0 aliphatic carbocycles. The lowest BCUT2D eigenvalue weighted by molar-refractivity contribution is -0.117. The van der Waals surface area contributed by atoms with E-state index in [0.717, 1.165) is 55.1 Å². The van der Waals surface area contributed by atoms with Crippen LogP contribution in [0.2, 0.25) is 0 Å². The first kappa shape index (κ1) is 24.1. The molecule has 1 aromatic heterocycles. The Kier molecular flexibility index (Phi) is 7.50. The molecular weight excluding hydrogens is 436 g/mol. The summed E-state index contributed by atoms with van der Waals surface area (Å²) in [7, 11) is 0. The van der Waals surface area contributed by atoms with Gasteiger partial charge in [0.05, 0.1) is 23.7 Å². The number of benzene rings is 2. The molecule has 1 N–H and O–H groups in total. The number of anilines is 2. The summed E-state index contributed by atoms with van der Waals surface area (Å²) in [5, 5.41) is 21.9. The molecule has 0 spiro atoms. The molecule has 0 atom stereocenters. The number of carbonyl (C=O) groups excluding carboxylic acids is 1. The van der Waals surface area contributed by atoms with E-state index in [2.05, 4.69) is 27.3 Å². The van der Waals surface area contributed by atoms with Crippen molar-refractivity contribution < 1.29 is 4.79 Å². The van der Waals surface area contributed by atoms with Gasteiger partial charge < -0.3 is 14.8 Å². The fourth-order valence-electron chi connectivity index (χ4n) is 4.60. The third-order valence-corrected chi connectivity index (χ3v) is 6.70. The molecule has 1 fully saturated rings. The van der Waals surface area contributed by atoms with E-state index in [1.54, 1.807) is 0 Å². The Morgan fingerprint density at radius 1 is 0.943 bits per heavy atom. The van der Waals surface area contributed by atoms with Crippen LogP contribution in [0.1, 0.15) is 34.4 Å². The van der Waals surface area contributed by atoms with Crippen molar-refractivity contribution >= 4 is 17.4 Å². The number of amides is 1. The number of nitrogens with one attached hydrogen (secondary N) is 1. The summed E-state index contributed by atoms with van der Waals surface area (Å²) in [6.07, 6.45) is 0.944. The standard InChI is InChI=1S/C28H30N6O/c1-21-22(2)34(19-24-7-4-3-5-8-24)28(26(21)18-30)31-27(35)20-32-13-6-14-33(16-15-32)25-11-9-23(17-29)10-12-25/h3-5,7-12H,6,13-16,19-20H2,1-2H3,(H,31,35). The van der Waals surface area contributed by atoms with Crippen LogP contribution >= 0.6 is 0 Å². The lowest BCUT2D eigenvalue weighted by atomic mass is 10.2. The number of rotatable bonds is 6. The molecule has 1 aliphatic heterocycles. The molecule has 178 valence electrons. The van der Waals surface area contributed by atoms with Gasteiger partial charge in [-0.25, -0.2) is 0 Å². The van der Waals surface area contributed by atoms with Crippen LogP contribution < -0.4 is 10.2 Å². The fourth-order valence-corrected chi connectivity index (χ4v) is 4.60. The Bertz CT molecular complexity index is 1260. The molecule has 2 aromatic carbocycles. The van der Waals surface area contributed by atoms with Gasteiger partial charge in [-0.1, -0.05) is 30.3 Å². The van der Waals surface area contributed by atoms with Crippen molar-refractivity contribution in [3.05, 3.63) is 82.5 Å². The summed E-state index contributed by atoms with van der Waals surface area (Å²) >= 11 is 0. The van der Waals surface area contributed by atoms with Crippen LogP contribution in [0.4, 0.5) is 11.5 Å². The van der Waals surface area contributed by atoms with E-state index >= 15 is 0 Å². The van der Waals surface area contributed by atoms with Crippen LogP contribution in [0.3, 0.4) is 0 Å². The van der Waals surface area contributed by atoms with E-state index in [-0.39, 0.29) is 12.5 Å². The van der Waals surface area contributed by atoms with E-state index in [4.69, 9.17) is 5.26 Å². The average Bonchev–Trinajstić information content (AvgIpc) is 3.02. The Labute approximate surface area is 206 Å². The van der Waals surface area contributed by atoms with Crippen LogP contribution in [0.15, 0.2) is 54.6 Å². The van der Waals surface area contributed by atoms with E-state index in [0.29, 0.717) is 23.5 Å². The van der Waals surface area contributed by atoms with Crippen molar-refractivity contribution in [2.45, 2.75) is 26.8 Å². The van der Waals surface area contributed by atoms with E-state index in [1.165, 1.54) is 0 Å². The number of aromatic nitrogens is 1. The molecule has 0 unspecified atom stereocenters. The summed E-state index contributed by atoms with van der Waals surface area (Å²) in [6.45, 7) is 8.09. The highest BCUT2D eigenvalue weighted by Gasteiger charge is 2.22. The third kappa shape index (κ3) is 5.54. The molecular formula is C28H30N6O. The molecule has 4 rings (SSSR count). The largest absolute Gasteiger partial charge is 0.370 e. The Morgan fingerprint density at radius 2 is 1.69 bits per heavy atom. The molecule has 0 bridgehead atoms. The predicted molar refractivity (Wildman–Crippen MR) is 137 cm³/mol. The molecule has 1 aliphatic rings. The van der Waals surface area contributed by atoms with Crippen molar-refractivity contribution in [3.63, 3.8) is 0 Å². The van der Waals surface area contributed by atoms with Gasteiger partial charge in [-0.3, -0.25) is 9.69 Å². The first-order valence-electron chi connectivity index (χ1n) is 11.9. The number of carbonyl (C=O) groups is 1. The predicted octanol–water partition coefficient (Wildman–Crippen LogP) is 4.05. The Morgan fingerprint density at radius 3 is 2.37 bits per heavy atom. The van der Waals surface area contributed by atoms with Crippen molar-refractivity contribution in [2.24, 2.45) is 0 Å². The zero-order valence-electron chi connectivity index (χ0n) is 20.3. The molecule has 7 heteroatoms. The van der Waals surface area contributed by atoms with Gasteiger partial charge in [-0.15, -0.1) is 0 Å². The third-order valence-electron chi connectivity index (χ3n) is 6.70. The van der Waals surface area contributed by atoms with E-state index in [1.807, 2.05) is 73.0 Å². The molecule has 35 heavy (non-hydrogen) atoms. The lowest BCUT2D eigenvalue weighted by Gasteiger charge is -2.23. The highest BCUT2D eigenvalue weighted by molar-refractivity contribution is 5.93. The summed E-state index contributed by atoms with van der Waals surface area (Å²) in [5.74, 6) is 0.463. The van der Waals surface area contributed by atoms with Gasteiger partial charge in [-0.2, -0.15) is 10.5 Å². The molecule has 1 saturated heterocycles. The molecule has 0 radical (unpaired) electrons. The summed E-state index contributed by atoms with van der Waals surface area (Å²) in [4.78, 5) is 17.5. The minimum Gasteiger partial charge on any atom is -0.370 e. The number of nitrogens with zero attached hydrogens (tertiary/aromatic N) is 5. The monoisotopic (exact) mass is 466 g/mol. The SMILES string of the molecule is Cc1c(C#N)c(NC(=O)CN2CCCN(c3ccc(C#N)cc3)CC2)n(Cc2ccccc2)c1C. The molecule has 1 amide bonds. The molecule has 7 nitrogen and oxygen atoms in total. The van der Waals surface area contributed by atoms with Crippen LogP contribution in [0.5, 0.6) is 0 Å². The second kappa shape index (κ2) is 10.9. The second-order valence-electron chi connectivity index (χ2n) is 8.94. The van der Waals surface area contributed by atoms with Gasteiger partial charge in [0.25, 0.3) is 0 Å². The fraction of sp³-hybridized carbons (Fsp3) is 0.321. The molecule has 3 aromatic rings. The Balaban J connectivity index is 1.43. The average molecular weight is 467 g/mol. The van der Waals surface area contributed by atoms with E-state index in [9.17, 15) is 10.1 Å². The van der Waals surface area contributed by atoms with Gasteiger partial charge in [0.15, 0.2) is 0 Å². The highest BCUT2D eigenvalue weighted by atomic mass is 16.2. The normalized spacial score (nSPS) is 14.1. The molecule has 2 heterocycles. The van der Waals surface area contributed by atoms with Crippen molar-refractivity contribution in [3.8, 4) is 12.1 Å². The topological polar surface area (TPSA) is 88.1 Å². The Hall–Kier alpha value is -4.07. The smallest absolute Gasteiger partial charge is 0.239 e. The first-order valence-corrected chi connectivity index (χ1v) is 11.9. The first-order chi connectivity index (χ1) is 17.0. The molecule has 0 saturated carbocycles. The quantitative estimate of drug-likeness (QED) is 0.592. The van der Waals surface area contributed by atoms with Crippen molar-refractivity contribution in [2.75, 3.05) is 42.9 Å². The van der Waals surface area contributed by atoms with Crippen LogP contribution in [0.25, 0.3) is 0 Å². The zero-order chi connectivity index (χ0) is 24.8. The van der Waals surface area contributed by atoms with Gasteiger partial charge >= 0.3 is 0 Å². The van der Waals surface area contributed by atoms with E-state index < -0.39 is 0 Å². The van der Waals surface area contributed by atoms with Crippen molar-refractivity contribution in [1.82, 2.24) is 9.47 Å². The van der Waals surface area contributed by atoms with Gasteiger partial charge in [0, 0.05) is 44.1 Å². The van der Waals surface area contributed by atoms with Crippen LogP contribution in [0, 0.1) is 36.5 Å². The summed E-state index contributed by atoms with van der Waals surface area (Å²) in [6, 6.07) is 22.1. The summed E-state index contributed by atoms with van der Waals surface area (Å²) < 4.78 is 2.02. The maximum absolute atomic E-state index is 13.1. The maximum Gasteiger partial charge on any atom is 0.239 e. The zero-order valence-corrected chi connectivity index (χ0v) is 20.3. The second-order valence-corrected chi connectivity index (χ2v) is 8.94. The van der Waals surface area contributed by atoms with Crippen molar-refractivity contribution in [1.29, 1.82) is 10.5 Å². The number of hydrogen-bond acceptors (Lipinski definition) is 5. The van der Waals surface area contributed by atoms with Gasteiger partial charge in [0.2, 0.25) is 5.91 Å². The van der Waals surface area contributed by atoms with Gasteiger partial charge in [0.1, 0.15) is 11.9 Å². The minimum absolute atomic E-state index is 0.111. The number of hydrogen-bond donors (Lipinski definition) is 1. The lowest BCUT2D eigenvalue weighted by Crippen LogP contribution is -2.36. The highest BCUT2D eigenvalue weighted by Crippen LogP contribution is 2.27. The number of nitriles is 2. The van der Waals surface area contributed by atoms with Gasteiger partial charge in [-0.05, 0) is 55.7 Å². The van der Waals surface area contributed by atoms with Crippen LogP contribution in [-0.4, -0.2) is 48.1 Å². The maximum atomic E-state index is 13.1. The minimum atomic E-state index is -0.111.